The lowest BCUT2D eigenvalue weighted by molar-refractivity contribution is 0.0816. The van der Waals surface area contributed by atoms with Gasteiger partial charge in [0, 0.05) is 67.3 Å². The Morgan fingerprint density at radius 1 is 0.872 bits per heavy atom. The third kappa shape index (κ3) is 5.50. The lowest BCUT2D eigenvalue weighted by Crippen LogP contribution is -2.58. The van der Waals surface area contributed by atoms with E-state index < -0.39 is 0 Å². The molecule has 200 valence electrons. The highest BCUT2D eigenvalue weighted by Crippen LogP contribution is 2.30. The second-order valence-electron chi connectivity index (χ2n) is 10.8. The summed E-state index contributed by atoms with van der Waals surface area (Å²) >= 11 is 0. The van der Waals surface area contributed by atoms with Gasteiger partial charge in [-0.05, 0) is 37.5 Å². The number of fused-ring (bicyclic) bond motifs is 1. The zero-order valence-electron chi connectivity index (χ0n) is 22.6. The Labute approximate surface area is 230 Å². The highest BCUT2D eigenvalue weighted by atomic mass is 16.1. The maximum absolute atomic E-state index is 13.1. The van der Waals surface area contributed by atoms with Gasteiger partial charge in [-0.1, -0.05) is 67.4 Å². The van der Waals surface area contributed by atoms with Crippen LogP contribution in [-0.2, 0) is 6.42 Å². The average molecular weight is 521 g/mol. The predicted octanol–water partition coefficient (Wildman–Crippen LogP) is 4.79. The fourth-order valence-corrected chi connectivity index (χ4v) is 6.25. The highest BCUT2D eigenvalue weighted by molar-refractivity contribution is 5.95. The number of amides is 1. The molecule has 2 atom stereocenters. The first-order valence-electron chi connectivity index (χ1n) is 14.2. The largest absolute Gasteiger partial charge is 0.352 e. The Hall–Kier alpha value is -3.84. The summed E-state index contributed by atoms with van der Waals surface area (Å²) in [5.41, 5.74) is 3.71. The third-order valence-corrected chi connectivity index (χ3v) is 8.34. The second kappa shape index (κ2) is 11.5. The van der Waals surface area contributed by atoms with Crippen LogP contribution >= 0.6 is 0 Å². The Morgan fingerprint density at radius 2 is 1.62 bits per heavy atom. The summed E-state index contributed by atoms with van der Waals surface area (Å²) in [4.78, 5) is 22.3. The van der Waals surface area contributed by atoms with Gasteiger partial charge in [-0.25, -0.2) is 0 Å². The van der Waals surface area contributed by atoms with Gasteiger partial charge in [-0.15, -0.1) is 5.10 Å². The van der Waals surface area contributed by atoms with Crippen LogP contribution in [0.2, 0.25) is 0 Å². The minimum Gasteiger partial charge on any atom is -0.352 e. The number of carbonyl (C=O) groups excluding carboxylic acids is 1. The van der Waals surface area contributed by atoms with Crippen LogP contribution in [0.15, 0.2) is 72.9 Å². The van der Waals surface area contributed by atoms with Gasteiger partial charge in [0.1, 0.15) is 0 Å². The van der Waals surface area contributed by atoms with Gasteiger partial charge >= 0.3 is 0 Å². The smallest absolute Gasteiger partial charge is 0.253 e. The number of nitrogens with zero attached hydrogens (tertiary/aromatic N) is 5. The van der Waals surface area contributed by atoms with Crippen LogP contribution < -0.4 is 10.2 Å². The fraction of sp³-hybridized carbons (Fsp3) is 0.375. The third-order valence-electron chi connectivity index (χ3n) is 8.34. The molecule has 0 radical (unpaired) electrons. The number of aryl methyl sites for hydroxylation is 1. The molecule has 2 aromatic carbocycles. The molecule has 39 heavy (non-hydrogen) atoms. The van der Waals surface area contributed by atoms with E-state index in [-0.39, 0.29) is 11.9 Å². The van der Waals surface area contributed by atoms with Gasteiger partial charge in [0.2, 0.25) is 0 Å². The molecule has 1 N–H and O–H groups in total. The zero-order chi connectivity index (χ0) is 26.6. The number of carbonyl (C=O) groups is 1. The molecule has 0 spiro atoms. The van der Waals surface area contributed by atoms with Crippen molar-refractivity contribution in [2.75, 3.05) is 31.1 Å². The first-order valence-corrected chi connectivity index (χ1v) is 14.2. The molecule has 2 aliphatic rings. The Balaban J connectivity index is 1.15. The van der Waals surface area contributed by atoms with Crippen LogP contribution in [0.1, 0.15) is 53.0 Å². The molecule has 3 heterocycles. The van der Waals surface area contributed by atoms with E-state index in [1.807, 2.05) is 25.1 Å². The van der Waals surface area contributed by atoms with Crippen LogP contribution in [0, 0.1) is 6.92 Å². The summed E-state index contributed by atoms with van der Waals surface area (Å²) in [5, 5.41) is 15.2. The van der Waals surface area contributed by atoms with E-state index in [1.54, 1.807) is 6.20 Å². The van der Waals surface area contributed by atoms with E-state index in [4.69, 9.17) is 10.2 Å². The molecule has 1 amide bonds. The molecule has 2 fully saturated rings. The molecule has 1 aliphatic heterocycles. The van der Waals surface area contributed by atoms with E-state index in [9.17, 15) is 4.79 Å². The van der Waals surface area contributed by atoms with Gasteiger partial charge in [-0.3, -0.25) is 14.7 Å². The summed E-state index contributed by atoms with van der Waals surface area (Å²) in [6.07, 6.45) is 7.02. The fourth-order valence-electron chi connectivity index (χ4n) is 6.25. The number of piperazine rings is 1. The molecule has 6 rings (SSSR count). The number of hydrogen-bond acceptors (Lipinski definition) is 6. The molecule has 1 saturated heterocycles. The van der Waals surface area contributed by atoms with Gasteiger partial charge in [-0.2, -0.15) is 5.10 Å². The van der Waals surface area contributed by atoms with Crippen molar-refractivity contribution in [3.05, 3.63) is 95.4 Å². The van der Waals surface area contributed by atoms with Crippen molar-refractivity contribution >= 4 is 22.5 Å². The topological polar surface area (TPSA) is 74.2 Å². The maximum atomic E-state index is 13.1. The quantitative estimate of drug-likeness (QED) is 0.394. The molecular weight excluding hydrogens is 484 g/mol. The normalized spacial score (nSPS) is 20.2. The van der Waals surface area contributed by atoms with Crippen LogP contribution in [0.4, 0.5) is 5.82 Å². The first-order chi connectivity index (χ1) is 19.2. The maximum Gasteiger partial charge on any atom is 0.253 e. The second-order valence-corrected chi connectivity index (χ2v) is 10.8. The van der Waals surface area contributed by atoms with Crippen LogP contribution in [-0.4, -0.2) is 64.3 Å². The van der Waals surface area contributed by atoms with Crippen molar-refractivity contribution in [1.29, 1.82) is 0 Å². The predicted molar refractivity (Wildman–Crippen MR) is 155 cm³/mol. The molecule has 7 heteroatoms. The van der Waals surface area contributed by atoms with E-state index >= 15 is 0 Å². The number of anilines is 1. The Bertz CT molecular complexity index is 1430. The van der Waals surface area contributed by atoms with Gasteiger partial charge in [0.05, 0.1) is 11.3 Å². The van der Waals surface area contributed by atoms with E-state index in [0.29, 0.717) is 11.6 Å². The first kappa shape index (κ1) is 25.4. The van der Waals surface area contributed by atoms with Gasteiger partial charge in [0.15, 0.2) is 5.82 Å². The SMILES string of the molecule is Cc1ncccc1C(=O)NC1CCCCC1N1CCN(c2nnc(Cc3ccccc3)c3ccccc23)CC1. The lowest BCUT2D eigenvalue weighted by Gasteiger charge is -2.44. The molecule has 2 unspecified atom stereocenters. The number of rotatable bonds is 6. The minimum absolute atomic E-state index is 0.00604. The number of benzene rings is 2. The molecule has 0 bridgehead atoms. The molecular formula is C32H36N6O. The van der Waals surface area contributed by atoms with Crippen molar-refractivity contribution in [3.63, 3.8) is 0 Å². The van der Waals surface area contributed by atoms with Crippen molar-refractivity contribution in [1.82, 2.24) is 25.4 Å². The standard InChI is InChI=1S/C32H36N6O/c1-23-25(14-9-17-33-23)32(39)34-28-15-7-8-16-30(28)37-18-20-38(21-19-37)31-27-13-6-5-12-26(27)29(35-36-31)22-24-10-3-2-4-11-24/h2-6,9-14,17,28,30H,7-8,15-16,18-22H2,1H3,(H,34,39). The molecule has 7 nitrogen and oxygen atoms in total. The molecule has 4 aromatic rings. The Kier molecular flexibility index (Phi) is 7.50. The van der Waals surface area contributed by atoms with E-state index in [0.717, 1.165) is 69.1 Å². The Morgan fingerprint density at radius 3 is 2.41 bits per heavy atom. The van der Waals surface area contributed by atoms with Crippen LogP contribution in [0.25, 0.3) is 10.8 Å². The van der Waals surface area contributed by atoms with Crippen molar-refractivity contribution in [2.24, 2.45) is 0 Å². The van der Waals surface area contributed by atoms with Gasteiger partial charge in [0.25, 0.3) is 5.91 Å². The van der Waals surface area contributed by atoms with E-state index in [2.05, 4.69) is 68.6 Å². The molecule has 2 aromatic heterocycles. The number of pyridine rings is 1. The number of hydrogen-bond donors (Lipinski definition) is 1. The van der Waals surface area contributed by atoms with Crippen molar-refractivity contribution in [3.8, 4) is 0 Å². The monoisotopic (exact) mass is 520 g/mol. The summed E-state index contributed by atoms with van der Waals surface area (Å²) in [6, 6.07) is 23.2. The lowest BCUT2D eigenvalue weighted by atomic mass is 9.88. The summed E-state index contributed by atoms with van der Waals surface area (Å²) < 4.78 is 0. The number of nitrogens with one attached hydrogen (secondary N) is 1. The number of aromatic nitrogens is 3. The summed E-state index contributed by atoms with van der Waals surface area (Å²) in [7, 11) is 0. The van der Waals surface area contributed by atoms with Crippen molar-refractivity contribution in [2.45, 2.75) is 51.1 Å². The zero-order valence-corrected chi connectivity index (χ0v) is 22.6. The minimum atomic E-state index is -0.00604. The molecule has 1 saturated carbocycles. The average Bonchev–Trinajstić information content (AvgIpc) is 2.98. The van der Waals surface area contributed by atoms with Gasteiger partial charge < -0.3 is 10.2 Å². The highest BCUT2D eigenvalue weighted by Gasteiger charge is 2.34. The van der Waals surface area contributed by atoms with E-state index in [1.165, 1.54) is 22.8 Å². The van der Waals surface area contributed by atoms with Crippen molar-refractivity contribution < 1.29 is 4.79 Å². The van der Waals surface area contributed by atoms with Crippen LogP contribution in [0.5, 0.6) is 0 Å². The summed E-state index contributed by atoms with van der Waals surface area (Å²) in [5.74, 6) is 0.969. The summed E-state index contributed by atoms with van der Waals surface area (Å²) in [6.45, 7) is 5.59. The van der Waals surface area contributed by atoms with Crippen LogP contribution in [0.3, 0.4) is 0 Å². The molecule has 1 aliphatic carbocycles.